The lowest BCUT2D eigenvalue weighted by Gasteiger charge is -2.42. The summed E-state index contributed by atoms with van der Waals surface area (Å²) in [5.41, 5.74) is 3.60. The molecule has 0 spiro atoms. The fourth-order valence-corrected chi connectivity index (χ4v) is 4.86. The highest BCUT2D eigenvalue weighted by molar-refractivity contribution is 5.29. The maximum Gasteiger partial charge on any atom is 0.0125 e. The van der Waals surface area contributed by atoms with Crippen molar-refractivity contribution in [2.45, 2.75) is 84.1 Å². The van der Waals surface area contributed by atoms with Crippen molar-refractivity contribution < 1.29 is 0 Å². The van der Waals surface area contributed by atoms with Crippen molar-refractivity contribution in [1.29, 1.82) is 0 Å². The zero-order valence-corrected chi connectivity index (χ0v) is 18.7. The molecule has 2 aliphatic heterocycles. The van der Waals surface area contributed by atoms with E-state index in [9.17, 15) is 0 Å². The molecular weight excluding hydrogens is 328 g/mol. The predicted octanol–water partition coefficient (Wildman–Crippen LogP) is 5.67. The summed E-state index contributed by atoms with van der Waals surface area (Å²) in [6.45, 7) is 20.4. The van der Waals surface area contributed by atoms with Crippen molar-refractivity contribution in [2.24, 2.45) is 5.92 Å². The van der Waals surface area contributed by atoms with E-state index in [4.69, 9.17) is 0 Å². The summed E-state index contributed by atoms with van der Waals surface area (Å²) in [7, 11) is 0. The third kappa shape index (κ3) is 5.57. The molecule has 0 unspecified atom stereocenters. The normalized spacial score (nSPS) is 22.3. The molecule has 152 valence electrons. The average Bonchev–Trinajstić information content (AvgIpc) is 2.61. The van der Waals surface area contributed by atoms with Gasteiger partial charge in [0.15, 0.2) is 0 Å². The van der Waals surface area contributed by atoms with Crippen LogP contribution in [-0.2, 0) is 5.41 Å². The van der Waals surface area contributed by atoms with E-state index in [2.05, 4.69) is 75.6 Å². The van der Waals surface area contributed by atoms with E-state index in [1.807, 2.05) is 0 Å². The van der Waals surface area contributed by atoms with Crippen LogP contribution in [0.5, 0.6) is 0 Å². The highest BCUT2D eigenvalue weighted by Gasteiger charge is 2.29. The lowest BCUT2D eigenvalue weighted by atomic mass is 9.83. The number of piperidine rings is 2. The van der Waals surface area contributed by atoms with Gasteiger partial charge in [-0.05, 0) is 101 Å². The maximum atomic E-state index is 2.75. The monoisotopic (exact) mass is 370 g/mol. The molecule has 0 N–H and O–H groups in total. The minimum absolute atomic E-state index is 0.254. The molecule has 2 heterocycles. The van der Waals surface area contributed by atoms with Crippen molar-refractivity contribution in [2.75, 3.05) is 32.7 Å². The van der Waals surface area contributed by atoms with Crippen LogP contribution in [0.2, 0.25) is 0 Å². The van der Waals surface area contributed by atoms with Crippen LogP contribution in [0, 0.1) is 5.92 Å². The van der Waals surface area contributed by atoms with Crippen molar-refractivity contribution in [1.82, 2.24) is 9.80 Å². The molecule has 27 heavy (non-hydrogen) atoms. The molecule has 0 aromatic heterocycles. The third-order valence-electron chi connectivity index (χ3n) is 6.92. The van der Waals surface area contributed by atoms with Crippen LogP contribution >= 0.6 is 0 Å². The molecule has 3 rings (SSSR count). The molecule has 0 aliphatic carbocycles. The van der Waals surface area contributed by atoms with Crippen molar-refractivity contribution >= 4 is 0 Å². The number of nitrogens with zero attached hydrogens (tertiary/aromatic N) is 2. The van der Waals surface area contributed by atoms with Gasteiger partial charge in [-0.25, -0.2) is 0 Å². The molecule has 2 saturated heterocycles. The number of likely N-dealkylation sites (tertiary alicyclic amines) is 2. The van der Waals surface area contributed by atoms with Gasteiger partial charge in [0.1, 0.15) is 0 Å². The second-order valence-electron chi connectivity index (χ2n) is 11.0. The van der Waals surface area contributed by atoms with Gasteiger partial charge in [0.05, 0.1) is 0 Å². The van der Waals surface area contributed by atoms with Crippen LogP contribution < -0.4 is 0 Å². The molecule has 2 heteroatoms. The Balaban J connectivity index is 1.44. The fraction of sp³-hybridized carbons (Fsp3) is 0.760. The average molecular weight is 371 g/mol. The van der Waals surface area contributed by atoms with Gasteiger partial charge in [-0.3, -0.25) is 4.90 Å². The molecular formula is C25H42N2. The van der Waals surface area contributed by atoms with E-state index in [1.165, 1.54) is 64.0 Å². The van der Waals surface area contributed by atoms with E-state index in [0.29, 0.717) is 5.54 Å². The van der Waals surface area contributed by atoms with Crippen LogP contribution in [0.15, 0.2) is 24.3 Å². The van der Waals surface area contributed by atoms with Gasteiger partial charge in [0.25, 0.3) is 0 Å². The van der Waals surface area contributed by atoms with E-state index in [1.54, 1.807) is 5.56 Å². The first-order valence-corrected chi connectivity index (χ1v) is 11.2. The molecule has 0 bridgehead atoms. The summed E-state index contributed by atoms with van der Waals surface area (Å²) in [5.74, 6) is 1.67. The van der Waals surface area contributed by atoms with Gasteiger partial charge < -0.3 is 4.90 Å². The fourth-order valence-electron chi connectivity index (χ4n) is 4.86. The SMILES string of the molecule is CC(C)(C)c1ccc(C2CCN(CC3CCN(C(C)(C)C)CC3)CC2)cc1. The van der Waals surface area contributed by atoms with Crippen molar-refractivity contribution in [3.63, 3.8) is 0 Å². The molecule has 1 aromatic rings. The molecule has 0 atom stereocenters. The predicted molar refractivity (Wildman–Crippen MR) is 118 cm³/mol. The van der Waals surface area contributed by atoms with E-state index >= 15 is 0 Å². The van der Waals surface area contributed by atoms with E-state index < -0.39 is 0 Å². The van der Waals surface area contributed by atoms with Crippen LogP contribution in [0.4, 0.5) is 0 Å². The zero-order chi connectivity index (χ0) is 19.7. The van der Waals surface area contributed by atoms with Gasteiger partial charge in [-0.15, -0.1) is 0 Å². The zero-order valence-electron chi connectivity index (χ0n) is 18.7. The van der Waals surface area contributed by atoms with Crippen LogP contribution in [0.3, 0.4) is 0 Å². The first-order valence-electron chi connectivity index (χ1n) is 11.2. The Morgan fingerprint density at radius 2 is 1.33 bits per heavy atom. The Morgan fingerprint density at radius 1 is 0.778 bits per heavy atom. The van der Waals surface area contributed by atoms with Crippen LogP contribution in [0.25, 0.3) is 0 Å². The second kappa shape index (κ2) is 8.25. The summed E-state index contributed by atoms with van der Waals surface area (Å²) in [4.78, 5) is 5.41. The molecule has 0 radical (unpaired) electrons. The van der Waals surface area contributed by atoms with Gasteiger partial charge in [-0.1, -0.05) is 45.0 Å². The standard InChI is InChI=1S/C25H42N2/c1-24(2,3)23-9-7-21(8-10-23)22-13-15-26(16-14-22)19-20-11-17-27(18-12-20)25(4,5)6/h7-10,20,22H,11-19H2,1-6H3. The highest BCUT2D eigenvalue weighted by Crippen LogP contribution is 2.31. The Hall–Kier alpha value is -0.860. The minimum atomic E-state index is 0.254. The quantitative estimate of drug-likeness (QED) is 0.676. The third-order valence-corrected chi connectivity index (χ3v) is 6.92. The molecule has 2 nitrogen and oxygen atoms in total. The summed E-state index contributed by atoms with van der Waals surface area (Å²) in [5, 5.41) is 0. The lowest BCUT2D eigenvalue weighted by Crippen LogP contribution is -2.48. The van der Waals surface area contributed by atoms with Gasteiger partial charge >= 0.3 is 0 Å². The number of benzene rings is 1. The van der Waals surface area contributed by atoms with Crippen molar-refractivity contribution in [3.8, 4) is 0 Å². The van der Waals surface area contributed by atoms with Crippen LogP contribution in [-0.4, -0.2) is 48.1 Å². The highest BCUT2D eigenvalue weighted by atomic mass is 15.2. The minimum Gasteiger partial charge on any atom is -0.303 e. The first kappa shape index (κ1) is 20.9. The van der Waals surface area contributed by atoms with E-state index in [-0.39, 0.29) is 5.41 Å². The Morgan fingerprint density at radius 3 is 1.81 bits per heavy atom. The first-order chi connectivity index (χ1) is 12.6. The summed E-state index contributed by atoms with van der Waals surface area (Å²) in [6, 6.07) is 9.49. The molecule has 2 aliphatic rings. The molecule has 0 amide bonds. The number of hydrogen-bond acceptors (Lipinski definition) is 2. The smallest absolute Gasteiger partial charge is 0.0125 e. The molecule has 1 aromatic carbocycles. The van der Waals surface area contributed by atoms with E-state index in [0.717, 1.165) is 11.8 Å². The molecule has 2 fully saturated rings. The van der Waals surface area contributed by atoms with Gasteiger partial charge in [-0.2, -0.15) is 0 Å². The second-order valence-corrected chi connectivity index (χ2v) is 11.0. The number of rotatable bonds is 3. The Bertz CT molecular complexity index is 574. The largest absolute Gasteiger partial charge is 0.303 e. The van der Waals surface area contributed by atoms with Gasteiger partial charge in [0, 0.05) is 12.1 Å². The molecule has 0 saturated carbocycles. The van der Waals surface area contributed by atoms with Gasteiger partial charge in [0.2, 0.25) is 0 Å². The topological polar surface area (TPSA) is 6.48 Å². The van der Waals surface area contributed by atoms with Crippen molar-refractivity contribution in [3.05, 3.63) is 35.4 Å². The van der Waals surface area contributed by atoms with Crippen LogP contribution in [0.1, 0.15) is 84.3 Å². The number of hydrogen-bond donors (Lipinski definition) is 0. The Labute approximate surface area is 168 Å². The summed E-state index contributed by atoms with van der Waals surface area (Å²) < 4.78 is 0. The maximum absolute atomic E-state index is 2.75. The Kier molecular flexibility index (Phi) is 6.37. The summed E-state index contributed by atoms with van der Waals surface area (Å²) >= 11 is 0. The lowest BCUT2D eigenvalue weighted by molar-refractivity contribution is 0.0701. The summed E-state index contributed by atoms with van der Waals surface area (Å²) in [6.07, 6.45) is 5.42.